The zero-order valence-corrected chi connectivity index (χ0v) is 12.1. The Hall–Kier alpha value is -1.82. The van der Waals surface area contributed by atoms with E-state index in [1.54, 1.807) is 11.8 Å². The van der Waals surface area contributed by atoms with Gasteiger partial charge in [-0.3, -0.25) is 4.79 Å². The lowest BCUT2D eigenvalue weighted by Gasteiger charge is -2.21. The highest BCUT2D eigenvalue weighted by atomic mass is 16.5. The molecule has 1 unspecified atom stereocenters. The molecule has 6 heteroatoms. The average molecular weight is 293 g/mol. The Kier molecular flexibility index (Phi) is 3.49. The number of carbonyl (C=O) groups is 2. The molecule has 2 aliphatic heterocycles. The van der Waals surface area contributed by atoms with Crippen LogP contribution in [0.5, 0.6) is 0 Å². The van der Waals surface area contributed by atoms with Gasteiger partial charge >= 0.3 is 5.97 Å². The van der Waals surface area contributed by atoms with Crippen LogP contribution in [-0.2, 0) is 11.2 Å². The predicted molar refractivity (Wildman–Crippen MR) is 73.4 cm³/mol. The van der Waals surface area contributed by atoms with Crippen LogP contribution in [0.15, 0.2) is 10.5 Å². The Balaban J connectivity index is 1.78. The number of carboxylic acids is 1. The third kappa shape index (κ3) is 2.44. The largest absolute Gasteiger partial charge is 0.478 e. The first kappa shape index (κ1) is 14.1. The minimum Gasteiger partial charge on any atom is -0.478 e. The smallest absolute Gasteiger partial charge is 0.339 e. The number of nitrogens with zero attached hydrogens (tertiary/aromatic N) is 1. The highest BCUT2D eigenvalue weighted by Crippen LogP contribution is 2.38. The number of aromatic carboxylic acids is 1. The van der Waals surface area contributed by atoms with Gasteiger partial charge < -0.3 is 19.2 Å². The van der Waals surface area contributed by atoms with Crippen molar-refractivity contribution in [2.75, 3.05) is 26.3 Å². The van der Waals surface area contributed by atoms with Crippen molar-refractivity contribution in [1.29, 1.82) is 0 Å². The van der Waals surface area contributed by atoms with E-state index in [1.165, 1.54) is 6.07 Å². The van der Waals surface area contributed by atoms with E-state index >= 15 is 0 Å². The van der Waals surface area contributed by atoms with Gasteiger partial charge in [0, 0.05) is 37.6 Å². The third-order valence-corrected chi connectivity index (χ3v) is 4.48. The summed E-state index contributed by atoms with van der Waals surface area (Å²) < 4.78 is 10.9. The van der Waals surface area contributed by atoms with Crippen molar-refractivity contribution in [1.82, 2.24) is 4.90 Å². The molecule has 1 atom stereocenters. The number of carbonyl (C=O) groups excluding carboxylic acids is 1. The van der Waals surface area contributed by atoms with Gasteiger partial charge in [0.15, 0.2) is 5.76 Å². The summed E-state index contributed by atoms with van der Waals surface area (Å²) in [6.45, 7) is 4.60. The van der Waals surface area contributed by atoms with E-state index in [1.807, 2.05) is 0 Å². The van der Waals surface area contributed by atoms with Crippen molar-refractivity contribution in [3.63, 3.8) is 0 Å². The highest BCUT2D eigenvalue weighted by molar-refractivity contribution is 5.96. The van der Waals surface area contributed by atoms with E-state index in [9.17, 15) is 9.59 Å². The zero-order chi connectivity index (χ0) is 15.0. The van der Waals surface area contributed by atoms with Gasteiger partial charge in [0.2, 0.25) is 0 Å². The minimum atomic E-state index is -1.06. The normalized spacial score (nSPS) is 24.9. The van der Waals surface area contributed by atoms with Crippen molar-refractivity contribution in [2.24, 2.45) is 5.41 Å². The van der Waals surface area contributed by atoms with E-state index in [2.05, 4.69) is 0 Å². The number of rotatable bonds is 3. The van der Waals surface area contributed by atoms with E-state index in [-0.39, 0.29) is 22.6 Å². The molecular weight excluding hydrogens is 274 g/mol. The van der Waals surface area contributed by atoms with Gasteiger partial charge in [0.1, 0.15) is 11.3 Å². The molecule has 2 fully saturated rings. The first-order chi connectivity index (χ1) is 10.0. The lowest BCUT2D eigenvalue weighted by Crippen LogP contribution is -2.32. The Bertz CT molecular complexity index is 571. The summed E-state index contributed by atoms with van der Waals surface area (Å²) in [5.74, 6) is -0.804. The highest BCUT2D eigenvalue weighted by Gasteiger charge is 2.43. The number of aryl methyl sites for hydroxylation is 1. The van der Waals surface area contributed by atoms with Gasteiger partial charge in [-0.1, -0.05) is 6.92 Å². The molecule has 0 aliphatic carbocycles. The standard InChI is InChI=1S/C15H19NO5/c1-2-11-10(14(18)19)7-12(21-11)13(17)16-5-3-15(8-16)4-6-20-9-15/h7H,2-6,8-9H2,1H3,(H,18,19). The van der Waals surface area contributed by atoms with E-state index < -0.39 is 5.97 Å². The molecule has 1 aromatic heterocycles. The first-order valence-corrected chi connectivity index (χ1v) is 7.28. The zero-order valence-electron chi connectivity index (χ0n) is 12.1. The fourth-order valence-electron chi connectivity index (χ4n) is 3.21. The summed E-state index contributed by atoms with van der Waals surface area (Å²) in [5, 5.41) is 9.12. The minimum absolute atomic E-state index is 0.0824. The van der Waals surface area contributed by atoms with E-state index in [0.29, 0.717) is 31.9 Å². The number of carboxylic acid groups (broad SMARTS) is 1. The van der Waals surface area contributed by atoms with Crippen LogP contribution < -0.4 is 0 Å². The molecule has 114 valence electrons. The molecule has 1 N–H and O–H groups in total. The van der Waals surface area contributed by atoms with Gasteiger partial charge in [-0.05, 0) is 12.8 Å². The number of furan rings is 1. The second-order valence-electron chi connectivity index (χ2n) is 5.89. The van der Waals surface area contributed by atoms with Gasteiger partial charge in [-0.25, -0.2) is 4.79 Å². The summed E-state index contributed by atoms with van der Waals surface area (Å²) in [7, 11) is 0. The van der Waals surface area contributed by atoms with Gasteiger partial charge in [0.25, 0.3) is 5.91 Å². The molecule has 0 radical (unpaired) electrons. The second kappa shape index (κ2) is 5.18. The maximum atomic E-state index is 12.5. The molecule has 1 aromatic rings. The summed E-state index contributed by atoms with van der Waals surface area (Å²) >= 11 is 0. The van der Waals surface area contributed by atoms with E-state index in [0.717, 1.165) is 19.4 Å². The van der Waals surface area contributed by atoms with Crippen LogP contribution in [0, 0.1) is 5.41 Å². The Labute approximate surface area is 122 Å². The quantitative estimate of drug-likeness (QED) is 0.919. The fraction of sp³-hybridized carbons (Fsp3) is 0.600. The van der Waals surface area contributed by atoms with Crippen molar-refractivity contribution >= 4 is 11.9 Å². The first-order valence-electron chi connectivity index (χ1n) is 7.28. The van der Waals surface area contributed by atoms with Crippen molar-refractivity contribution < 1.29 is 23.8 Å². The molecule has 1 spiro atoms. The Morgan fingerprint density at radius 3 is 2.81 bits per heavy atom. The van der Waals surface area contributed by atoms with Crippen LogP contribution in [0.4, 0.5) is 0 Å². The van der Waals surface area contributed by atoms with Crippen molar-refractivity contribution in [3.8, 4) is 0 Å². The number of amides is 1. The Morgan fingerprint density at radius 1 is 1.43 bits per heavy atom. The molecule has 0 bridgehead atoms. The van der Waals surface area contributed by atoms with Crippen LogP contribution in [0.3, 0.4) is 0 Å². The molecule has 0 saturated carbocycles. The summed E-state index contributed by atoms with van der Waals surface area (Å²) in [6, 6.07) is 1.35. The molecule has 21 heavy (non-hydrogen) atoms. The fourth-order valence-corrected chi connectivity index (χ4v) is 3.21. The molecule has 2 aliphatic rings. The van der Waals surface area contributed by atoms with Crippen LogP contribution >= 0.6 is 0 Å². The molecule has 2 saturated heterocycles. The number of hydrogen-bond acceptors (Lipinski definition) is 4. The molecule has 6 nitrogen and oxygen atoms in total. The average Bonchev–Trinajstić information content (AvgIpc) is 3.19. The summed E-state index contributed by atoms with van der Waals surface area (Å²) in [4.78, 5) is 25.4. The molecule has 3 heterocycles. The lowest BCUT2D eigenvalue weighted by atomic mass is 9.87. The van der Waals surface area contributed by atoms with Crippen LogP contribution in [0.1, 0.15) is 46.4 Å². The number of ether oxygens (including phenoxy) is 1. The van der Waals surface area contributed by atoms with Crippen LogP contribution in [0.2, 0.25) is 0 Å². The number of hydrogen-bond donors (Lipinski definition) is 1. The SMILES string of the molecule is CCc1oc(C(=O)N2CCC3(CCOC3)C2)cc1C(=O)O. The topological polar surface area (TPSA) is 80.0 Å². The maximum Gasteiger partial charge on any atom is 0.339 e. The summed E-state index contributed by atoms with van der Waals surface area (Å²) in [6.07, 6.45) is 2.37. The second-order valence-corrected chi connectivity index (χ2v) is 5.89. The van der Waals surface area contributed by atoms with Gasteiger partial charge in [0.05, 0.1) is 6.61 Å². The lowest BCUT2D eigenvalue weighted by molar-refractivity contribution is 0.0692. The van der Waals surface area contributed by atoms with Gasteiger partial charge in [-0.15, -0.1) is 0 Å². The monoisotopic (exact) mass is 293 g/mol. The van der Waals surface area contributed by atoms with E-state index in [4.69, 9.17) is 14.3 Å². The van der Waals surface area contributed by atoms with Crippen molar-refractivity contribution in [3.05, 3.63) is 23.2 Å². The molecule has 1 amide bonds. The van der Waals surface area contributed by atoms with Gasteiger partial charge in [-0.2, -0.15) is 0 Å². The van der Waals surface area contributed by atoms with Crippen molar-refractivity contribution in [2.45, 2.75) is 26.2 Å². The number of likely N-dealkylation sites (tertiary alicyclic amines) is 1. The predicted octanol–water partition coefficient (Wildman–Crippen LogP) is 1.79. The molecule has 3 rings (SSSR count). The van der Waals surface area contributed by atoms with Crippen LogP contribution in [0.25, 0.3) is 0 Å². The molecular formula is C15H19NO5. The third-order valence-electron chi connectivity index (χ3n) is 4.48. The molecule has 0 aromatic carbocycles. The van der Waals surface area contributed by atoms with Crippen LogP contribution in [-0.4, -0.2) is 48.2 Å². The summed E-state index contributed by atoms with van der Waals surface area (Å²) in [5.41, 5.74) is 0.171. The Morgan fingerprint density at radius 2 is 2.24 bits per heavy atom. The maximum absolute atomic E-state index is 12.5.